The van der Waals surface area contributed by atoms with Crippen molar-refractivity contribution in [1.82, 2.24) is 4.72 Å². The highest BCUT2D eigenvalue weighted by Gasteiger charge is 2.14. The Hall–Kier alpha value is -1.92. The minimum Gasteiger partial charge on any atom is -0.372 e. The van der Waals surface area contributed by atoms with Gasteiger partial charge in [0.05, 0.1) is 5.75 Å². The molecular formula is C22H29FN2O2S. The highest BCUT2D eigenvalue weighted by atomic mass is 32.2. The van der Waals surface area contributed by atoms with Crippen LogP contribution in [0.15, 0.2) is 48.5 Å². The molecule has 1 fully saturated rings. The molecule has 0 bridgehead atoms. The van der Waals surface area contributed by atoms with Crippen molar-refractivity contribution in [2.75, 3.05) is 24.5 Å². The van der Waals surface area contributed by atoms with E-state index < -0.39 is 15.8 Å². The maximum atomic E-state index is 13.6. The van der Waals surface area contributed by atoms with Gasteiger partial charge in [-0.15, -0.1) is 0 Å². The molecule has 0 saturated carbocycles. The molecule has 28 heavy (non-hydrogen) atoms. The third-order valence-corrected chi connectivity index (χ3v) is 6.51. The molecule has 152 valence electrons. The third kappa shape index (κ3) is 6.31. The first-order valence-corrected chi connectivity index (χ1v) is 11.7. The molecule has 2 aromatic rings. The first-order chi connectivity index (χ1) is 13.5. The fraction of sp³-hybridized carbons (Fsp3) is 0.455. The van der Waals surface area contributed by atoms with Gasteiger partial charge in [0, 0.05) is 30.9 Å². The fourth-order valence-electron chi connectivity index (χ4n) is 3.59. The van der Waals surface area contributed by atoms with Crippen LogP contribution in [0.25, 0.3) is 0 Å². The van der Waals surface area contributed by atoms with Crippen LogP contribution in [0.3, 0.4) is 0 Å². The molecule has 3 rings (SSSR count). The normalized spacial score (nSPS) is 15.4. The molecule has 1 N–H and O–H groups in total. The predicted octanol–water partition coefficient (Wildman–Crippen LogP) is 4.26. The Kier molecular flexibility index (Phi) is 7.45. The average molecular weight is 405 g/mol. The summed E-state index contributed by atoms with van der Waals surface area (Å²) in [4.78, 5) is 2.45. The summed E-state index contributed by atoms with van der Waals surface area (Å²) in [7, 11) is -3.53. The van der Waals surface area contributed by atoms with Gasteiger partial charge in [-0.05, 0) is 49.4 Å². The van der Waals surface area contributed by atoms with Crippen LogP contribution < -0.4 is 9.62 Å². The third-order valence-electron chi connectivity index (χ3n) is 5.18. The minimum atomic E-state index is -3.53. The number of halogens is 1. The van der Waals surface area contributed by atoms with Crippen molar-refractivity contribution < 1.29 is 12.8 Å². The molecule has 0 radical (unpaired) electrons. The molecule has 0 atom stereocenters. The summed E-state index contributed by atoms with van der Waals surface area (Å²) in [6.45, 7) is 2.61. The molecule has 0 spiro atoms. The molecule has 6 heteroatoms. The van der Waals surface area contributed by atoms with Crippen molar-refractivity contribution >= 4 is 15.7 Å². The number of anilines is 1. The summed E-state index contributed by atoms with van der Waals surface area (Å²) in [6.07, 6.45) is 6.68. The van der Waals surface area contributed by atoms with E-state index in [0.717, 1.165) is 19.5 Å². The quantitative estimate of drug-likeness (QED) is 0.669. The second-order valence-electron chi connectivity index (χ2n) is 7.42. The molecule has 0 aliphatic carbocycles. The van der Waals surface area contributed by atoms with Gasteiger partial charge in [-0.3, -0.25) is 0 Å². The summed E-state index contributed by atoms with van der Waals surface area (Å²) in [6, 6.07) is 14.6. The second kappa shape index (κ2) is 10.0. The van der Waals surface area contributed by atoms with Crippen molar-refractivity contribution in [2.24, 2.45) is 0 Å². The molecule has 0 amide bonds. The van der Waals surface area contributed by atoms with Crippen molar-refractivity contribution in [3.63, 3.8) is 0 Å². The molecule has 1 aliphatic heterocycles. The van der Waals surface area contributed by atoms with Crippen molar-refractivity contribution in [1.29, 1.82) is 0 Å². The van der Waals surface area contributed by atoms with Crippen LogP contribution in [-0.4, -0.2) is 28.1 Å². The highest BCUT2D eigenvalue weighted by Crippen LogP contribution is 2.20. The van der Waals surface area contributed by atoms with Gasteiger partial charge in [-0.1, -0.05) is 43.2 Å². The lowest BCUT2D eigenvalue weighted by Gasteiger charge is -2.22. The van der Waals surface area contributed by atoms with E-state index in [4.69, 9.17) is 0 Å². The van der Waals surface area contributed by atoms with Crippen molar-refractivity contribution in [3.8, 4) is 0 Å². The molecule has 1 heterocycles. The maximum absolute atomic E-state index is 13.6. The summed E-state index contributed by atoms with van der Waals surface area (Å²) >= 11 is 0. The Labute approximate surface area is 167 Å². The van der Waals surface area contributed by atoms with Crippen LogP contribution >= 0.6 is 0 Å². The number of aryl methyl sites for hydroxylation is 1. The van der Waals surface area contributed by atoms with Gasteiger partial charge in [-0.25, -0.2) is 17.5 Å². The van der Waals surface area contributed by atoms with E-state index >= 15 is 0 Å². The number of rotatable bonds is 8. The van der Waals surface area contributed by atoms with E-state index in [1.54, 1.807) is 12.1 Å². The smallest absolute Gasteiger partial charge is 0.215 e. The molecule has 1 saturated heterocycles. The van der Waals surface area contributed by atoms with Crippen molar-refractivity contribution in [3.05, 3.63) is 65.5 Å². The molecule has 0 unspecified atom stereocenters. The van der Waals surface area contributed by atoms with Gasteiger partial charge in [0.2, 0.25) is 10.0 Å². The SMILES string of the molecule is O=S(=O)(Cc1ccccc1F)NCCCc1ccc(N2CCCCCC2)cc1. The van der Waals surface area contributed by atoms with Gasteiger partial charge in [0.25, 0.3) is 0 Å². The Morgan fingerprint density at radius 2 is 1.61 bits per heavy atom. The zero-order valence-electron chi connectivity index (χ0n) is 16.2. The largest absolute Gasteiger partial charge is 0.372 e. The van der Waals surface area contributed by atoms with Gasteiger partial charge >= 0.3 is 0 Å². The highest BCUT2D eigenvalue weighted by molar-refractivity contribution is 7.88. The van der Waals surface area contributed by atoms with Gasteiger partial charge in [0.15, 0.2) is 0 Å². The Balaban J connectivity index is 1.44. The van der Waals surface area contributed by atoms with Gasteiger partial charge in [-0.2, -0.15) is 0 Å². The zero-order valence-corrected chi connectivity index (χ0v) is 17.1. The molecule has 2 aromatic carbocycles. The fourth-order valence-corrected chi connectivity index (χ4v) is 4.79. The first kappa shape index (κ1) is 20.8. The second-order valence-corrected chi connectivity index (χ2v) is 9.22. The maximum Gasteiger partial charge on any atom is 0.215 e. The number of benzene rings is 2. The van der Waals surface area contributed by atoms with E-state index in [9.17, 15) is 12.8 Å². The van der Waals surface area contributed by atoms with Crippen LogP contribution in [0, 0.1) is 5.82 Å². The summed E-state index contributed by atoms with van der Waals surface area (Å²) in [5.41, 5.74) is 2.67. The monoisotopic (exact) mass is 404 g/mol. The summed E-state index contributed by atoms with van der Waals surface area (Å²) in [5, 5.41) is 0. The predicted molar refractivity (Wildman–Crippen MR) is 112 cm³/mol. The van der Waals surface area contributed by atoms with E-state index in [1.807, 2.05) is 0 Å². The lowest BCUT2D eigenvalue weighted by atomic mass is 10.1. The van der Waals surface area contributed by atoms with E-state index in [2.05, 4.69) is 33.9 Å². The standard InChI is InChI=1S/C22H29FN2O2S/c23-22-10-4-3-9-20(22)18-28(26,27)24-15-7-8-19-11-13-21(14-12-19)25-16-5-1-2-6-17-25/h3-4,9-14,24H,1-2,5-8,15-18H2. The Morgan fingerprint density at radius 3 is 2.29 bits per heavy atom. The Bertz CT molecular complexity index is 845. The van der Waals surface area contributed by atoms with Crippen LogP contribution in [0.5, 0.6) is 0 Å². The lowest BCUT2D eigenvalue weighted by molar-refractivity contribution is 0.572. The zero-order chi connectivity index (χ0) is 19.8. The number of hydrogen-bond acceptors (Lipinski definition) is 3. The van der Waals surface area contributed by atoms with Crippen LogP contribution in [0.1, 0.15) is 43.2 Å². The van der Waals surface area contributed by atoms with Crippen LogP contribution in [0.2, 0.25) is 0 Å². The lowest BCUT2D eigenvalue weighted by Crippen LogP contribution is -2.26. The van der Waals surface area contributed by atoms with Crippen LogP contribution in [0.4, 0.5) is 10.1 Å². The molecular weight excluding hydrogens is 375 g/mol. The minimum absolute atomic E-state index is 0.194. The molecule has 0 aromatic heterocycles. The number of nitrogens with zero attached hydrogens (tertiary/aromatic N) is 1. The van der Waals surface area contributed by atoms with E-state index in [1.165, 1.54) is 49.1 Å². The number of hydrogen-bond donors (Lipinski definition) is 1. The first-order valence-electron chi connectivity index (χ1n) is 10.1. The topological polar surface area (TPSA) is 49.4 Å². The summed E-state index contributed by atoms with van der Waals surface area (Å²) < 4.78 is 40.5. The van der Waals surface area contributed by atoms with Crippen LogP contribution in [-0.2, 0) is 22.2 Å². The van der Waals surface area contributed by atoms with Gasteiger partial charge < -0.3 is 4.90 Å². The molecule has 1 aliphatic rings. The Morgan fingerprint density at radius 1 is 0.929 bits per heavy atom. The summed E-state index contributed by atoms with van der Waals surface area (Å²) in [5.74, 6) is -0.818. The van der Waals surface area contributed by atoms with Crippen molar-refractivity contribution in [2.45, 2.75) is 44.3 Å². The number of nitrogens with one attached hydrogen (secondary N) is 1. The number of sulfonamides is 1. The molecule has 4 nitrogen and oxygen atoms in total. The van der Waals surface area contributed by atoms with Gasteiger partial charge in [0.1, 0.15) is 5.82 Å². The van der Waals surface area contributed by atoms with E-state index in [-0.39, 0.29) is 11.3 Å². The average Bonchev–Trinajstić information content (AvgIpc) is 2.97. The van der Waals surface area contributed by atoms with E-state index in [0.29, 0.717) is 13.0 Å².